The lowest BCUT2D eigenvalue weighted by molar-refractivity contribution is 0.0696. The molecule has 102 valence electrons. The molecule has 0 saturated heterocycles. The molecule has 2 aromatic rings. The second-order valence-corrected chi connectivity index (χ2v) is 5.07. The smallest absolute Gasteiger partial charge is 0.337 e. The van der Waals surface area contributed by atoms with Gasteiger partial charge < -0.3 is 5.11 Å². The van der Waals surface area contributed by atoms with Crippen molar-refractivity contribution in [2.45, 2.75) is 19.5 Å². The Morgan fingerprint density at radius 1 is 1.20 bits per heavy atom. The van der Waals surface area contributed by atoms with Crippen LogP contribution in [0.1, 0.15) is 27.2 Å². The number of pyridine rings is 1. The van der Waals surface area contributed by atoms with Gasteiger partial charge in [-0.15, -0.1) is 0 Å². The highest BCUT2D eigenvalue weighted by molar-refractivity contribution is 5.87. The van der Waals surface area contributed by atoms with E-state index in [1.165, 1.54) is 17.3 Å². The fourth-order valence-electron chi connectivity index (χ4n) is 2.56. The summed E-state index contributed by atoms with van der Waals surface area (Å²) in [4.78, 5) is 17.4. The van der Waals surface area contributed by atoms with Gasteiger partial charge in [0.05, 0.1) is 11.3 Å². The van der Waals surface area contributed by atoms with Crippen LogP contribution in [-0.2, 0) is 19.5 Å². The molecule has 0 fully saturated rings. The summed E-state index contributed by atoms with van der Waals surface area (Å²) in [6, 6.07) is 11.9. The van der Waals surface area contributed by atoms with Gasteiger partial charge in [-0.1, -0.05) is 24.3 Å². The number of fused-ring (bicyclic) bond motifs is 1. The molecule has 0 saturated carbocycles. The minimum Gasteiger partial charge on any atom is -0.478 e. The first-order valence-electron chi connectivity index (χ1n) is 6.70. The minimum absolute atomic E-state index is 0.234. The molecule has 0 amide bonds. The fraction of sp³-hybridized carbons (Fsp3) is 0.250. The molecule has 1 aliphatic heterocycles. The van der Waals surface area contributed by atoms with Crippen LogP contribution in [0, 0.1) is 0 Å². The lowest BCUT2D eigenvalue weighted by Gasteiger charge is -2.28. The molecular weight excluding hydrogens is 252 g/mol. The maximum absolute atomic E-state index is 10.8. The Balaban J connectivity index is 1.69. The molecule has 0 spiro atoms. The van der Waals surface area contributed by atoms with Crippen LogP contribution in [0.15, 0.2) is 42.6 Å². The van der Waals surface area contributed by atoms with Gasteiger partial charge >= 0.3 is 5.97 Å². The molecule has 0 unspecified atom stereocenters. The lowest BCUT2D eigenvalue weighted by Crippen LogP contribution is -2.30. The number of hydrogen-bond donors (Lipinski definition) is 1. The third kappa shape index (κ3) is 2.70. The Morgan fingerprint density at radius 3 is 2.70 bits per heavy atom. The normalized spacial score (nSPS) is 14.8. The molecular formula is C16H16N2O2. The molecule has 1 N–H and O–H groups in total. The molecule has 3 rings (SSSR count). The zero-order valence-electron chi connectivity index (χ0n) is 11.1. The highest BCUT2D eigenvalue weighted by atomic mass is 16.4. The van der Waals surface area contributed by atoms with Crippen molar-refractivity contribution in [3.05, 3.63) is 65.0 Å². The molecule has 4 heteroatoms. The zero-order chi connectivity index (χ0) is 13.9. The quantitative estimate of drug-likeness (QED) is 0.928. The number of carboxylic acid groups (broad SMARTS) is 1. The van der Waals surface area contributed by atoms with E-state index in [2.05, 4.69) is 34.1 Å². The van der Waals surface area contributed by atoms with Crippen molar-refractivity contribution in [3.63, 3.8) is 0 Å². The predicted molar refractivity (Wildman–Crippen MR) is 75.5 cm³/mol. The van der Waals surface area contributed by atoms with Crippen molar-refractivity contribution in [1.29, 1.82) is 0 Å². The molecule has 1 aromatic heterocycles. The van der Waals surface area contributed by atoms with Gasteiger partial charge in [0.1, 0.15) is 0 Å². The Labute approximate surface area is 117 Å². The van der Waals surface area contributed by atoms with Crippen molar-refractivity contribution < 1.29 is 9.90 Å². The number of carbonyl (C=O) groups is 1. The fourth-order valence-corrected chi connectivity index (χ4v) is 2.56. The van der Waals surface area contributed by atoms with E-state index in [4.69, 9.17) is 5.11 Å². The van der Waals surface area contributed by atoms with Crippen molar-refractivity contribution in [2.24, 2.45) is 0 Å². The number of aromatic carboxylic acids is 1. The van der Waals surface area contributed by atoms with Gasteiger partial charge in [0.2, 0.25) is 0 Å². The van der Waals surface area contributed by atoms with Crippen LogP contribution in [0.4, 0.5) is 0 Å². The van der Waals surface area contributed by atoms with E-state index < -0.39 is 5.97 Å². The first kappa shape index (κ1) is 12.8. The van der Waals surface area contributed by atoms with Crippen LogP contribution in [0.2, 0.25) is 0 Å². The summed E-state index contributed by atoms with van der Waals surface area (Å²) < 4.78 is 0. The second-order valence-electron chi connectivity index (χ2n) is 5.07. The number of nitrogens with zero attached hydrogens (tertiary/aromatic N) is 2. The van der Waals surface area contributed by atoms with Gasteiger partial charge in [-0.25, -0.2) is 4.79 Å². The summed E-state index contributed by atoms with van der Waals surface area (Å²) in [5.74, 6) is -0.934. The standard InChI is InChI=1S/C16H16N2O2/c19-16(20)13-5-6-15(17-9-13)11-18-8-7-12-3-1-2-4-14(12)10-18/h1-6,9H,7-8,10-11H2,(H,19,20). The largest absolute Gasteiger partial charge is 0.478 e. The van der Waals surface area contributed by atoms with Crippen molar-refractivity contribution in [2.75, 3.05) is 6.54 Å². The third-order valence-electron chi connectivity index (χ3n) is 3.67. The summed E-state index contributed by atoms with van der Waals surface area (Å²) in [5.41, 5.74) is 3.95. The van der Waals surface area contributed by atoms with Crippen molar-refractivity contribution in [3.8, 4) is 0 Å². The van der Waals surface area contributed by atoms with Crippen LogP contribution >= 0.6 is 0 Å². The SMILES string of the molecule is O=C(O)c1ccc(CN2CCc3ccccc3C2)nc1. The van der Waals surface area contributed by atoms with Gasteiger partial charge in [-0.05, 0) is 29.7 Å². The Kier molecular flexibility index (Phi) is 3.48. The highest BCUT2D eigenvalue weighted by Gasteiger charge is 2.16. The Morgan fingerprint density at radius 2 is 2.00 bits per heavy atom. The molecule has 0 aliphatic carbocycles. The van der Waals surface area contributed by atoms with Crippen LogP contribution in [0.5, 0.6) is 0 Å². The van der Waals surface area contributed by atoms with E-state index in [1.54, 1.807) is 12.1 Å². The summed E-state index contributed by atoms with van der Waals surface area (Å²) in [5, 5.41) is 8.86. The van der Waals surface area contributed by atoms with Crippen LogP contribution in [-0.4, -0.2) is 27.5 Å². The number of benzene rings is 1. The van der Waals surface area contributed by atoms with E-state index in [-0.39, 0.29) is 5.56 Å². The highest BCUT2D eigenvalue weighted by Crippen LogP contribution is 2.19. The number of rotatable bonds is 3. The summed E-state index contributed by atoms with van der Waals surface area (Å²) in [6.45, 7) is 2.70. The van der Waals surface area contributed by atoms with Gasteiger partial charge in [0.15, 0.2) is 0 Å². The van der Waals surface area contributed by atoms with Crippen molar-refractivity contribution >= 4 is 5.97 Å². The minimum atomic E-state index is -0.934. The van der Waals surface area contributed by atoms with Crippen molar-refractivity contribution in [1.82, 2.24) is 9.88 Å². The van der Waals surface area contributed by atoms with E-state index in [1.807, 2.05) is 0 Å². The molecule has 0 atom stereocenters. The Hall–Kier alpha value is -2.20. The van der Waals surface area contributed by atoms with E-state index >= 15 is 0 Å². The average Bonchev–Trinajstić information content (AvgIpc) is 2.48. The first-order valence-corrected chi connectivity index (χ1v) is 6.70. The molecule has 0 radical (unpaired) electrons. The van der Waals surface area contributed by atoms with Crippen LogP contribution in [0.25, 0.3) is 0 Å². The van der Waals surface area contributed by atoms with E-state index in [0.717, 1.165) is 31.7 Å². The Bertz CT molecular complexity index is 623. The summed E-state index contributed by atoms with van der Waals surface area (Å²) >= 11 is 0. The molecule has 1 aliphatic rings. The molecule has 1 aromatic carbocycles. The zero-order valence-corrected chi connectivity index (χ0v) is 11.1. The summed E-state index contributed by atoms with van der Waals surface area (Å²) in [7, 11) is 0. The molecule has 4 nitrogen and oxygen atoms in total. The van der Waals surface area contributed by atoms with E-state index in [9.17, 15) is 4.79 Å². The van der Waals surface area contributed by atoms with Gasteiger partial charge in [0.25, 0.3) is 0 Å². The van der Waals surface area contributed by atoms with Gasteiger partial charge in [-0.3, -0.25) is 9.88 Å². The number of carboxylic acids is 1. The number of aromatic nitrogens is 1. The molecule has 20 heavy (non-hydrogen) atoms. The second kappa shape index (κ2) is 5.43. The third-order valence-corrected chi connectivity index (χ3v) is 3.67. The van der Waals surface area contributed by atoms with E-state index in [0.29, 0.717) is 0 Å². The van der Waals surface area contributed by atoms with Crippen LogP contribution < -0.4 is 0 Å². The maximum atomic E-state index is 10.8. The van der Waals surface area contributed by atoms with Gasteiger partial charge in [-0.2, -0.15) is 0 Å². The monoisotopic (exact) mass is 268 g/mol. The topological polar surface area (TPSA) is 53.4 Å². The lowest BCUT2D eigenvalue weighted by atomic mass is 10.00. The first-order chi connectivity index (χ1) is 9.72. The average molecular weight is 268 g/mol. The van der Waals surface area contributed by atoms with Crippen LogP contribution in [0.3, 0.4) is 0 Å². The summed E-state index contributed by atoms with van der Waals surface area (Å²) in [6.07, 6.45) is 2.49. The predicted octanol–water partition coefficient (Wildman–Crippen LogP) is 2.34. The number of hydrogen-bond acceptors (Lipinski definition) is 3. The van der Waals surface area contributed by atoms with Gasteiger partial charge in [0, 0.05) is 25.8 Å². The maximum Gasteiger partial charge on any atom is 0.337 e. The molecule has 2 heterocycles. The molecule has 0 bridgehead atoms.